The van der Waals surface area contributed by atoms with Gasteiger partial charge in [0.2, 0.25) is 5.91 Å². The Balaban J connectivity index is 2.16. The zero-order valence-corrected chi connectivity index (χ0v) is 12.8. The molecular weight excluding hydrogens is 308 g/mol. The number of imide groups is 1. The molecule has 1 aliphatic heterocycles. The Morgan fingerprint density at radius 3 is 2.58 bits per heavy atom. The van der Waals surface area contributed by atoms with Crippen molar-refractivity contribution in [2.75, 3.05) is 5.32 Å². The first-order chi connectivity index (χ1) is 8.90. The van der Waals surface area contributed by atoms with Gasteiger partial charge in [-0.05, 0) is 54.4 Å². The van der Waals surface area contributed by atoms with Crippen LogP contribution in [0, 0.1) is 6.92 Å². The number of rotatable bonds is 3. The van der Waals surface area contributed by atoms with Crippen molar-refractivity contribution in [3.05, 3.63) is 28.2 Å². The molecule has 1 heterocycles. The van der Waals surface area contributed by atoms with Crippen molar-refractivity contribution in [1.29, 1.82) is 0 Å². The van der Waals surface area contributed by atoms with E-state index >= 15 is 0 Å². The summed E-state index contributed by atoms with van der Waals surface area (Å²) >= 11 is 3.46. The summed E-state index contributed by atoms with van der Waals surface area (Å²) in [4.78, 5) is 25.3. The molecule has 1 aliphatic rings. The second-order valence-electron chi connectivity index (χ2n) is 5.08. The first-order valence-electron chi connectivity index (χ1n) is 6.28. The summed E-state index contributed by atoms with van der Waals surface area (Å²) in [7, 11) is 0. The first-order valence-corrected chi connectivity index (χ1v) is 7.08. The average molecular weight is 325 g/mol. The van der Waals surface area contributed by atoms with E-state index in [2.05, 4.69) is 21.2 Å². The van der Waals surface area contributed by atoms with Gasteiger partial charge in [-0.1, -0.05) is 6.07 Å². The van der Waals surface area contributed by atoms with Gasteiger partial charge >= 0.3 is 0 Å². The number of nitrogens with zero attached hydrogens (tertiary/aromatic N) is 1. The van der Waals surface area contributed by atoms with E-state index in [1.165, 1.54) is 4.90 Å². The number of carbonyl (C=O) groups excluding carboxylic acids is 2. The molecule has 4 nitrogen and oxygen atoms in total. The van der Waals surface area contributed by atoms with Crippen molar-refractivity contribution < 1.29 is 9.59 Å². The molecule has 19 heavy (non-hydrogen) atoms. The fourth-order valence-electron chi connectivity index (χ4n) is 2.23. The van der Waals surface area contributed by atoms with E-state index in [4.69, 9.17) is 0 Å². The maximum atomic E-state index is 12.2. The Morgan fingerprint density at radius 2 is 2.05 bits per heavy atom. The molecule has 102 valence electrons. The van der Waals surface area contributed by atoms with Gasteiger partial charge in [-0.3, -0.25) is 14.5 Å². The third-order valence-electron chi connectivity index (χ3n) is 3.15. The summed E-state index contributed by atoms with van der Waals surface area (Å²) in [5.74, 6) is -0.256. The van der Waals surface area contributed by atoms with E-state index in [0.29, 0.717) is 0 Å². The average Bonchev–Trinajstić information content (AvgIpc) is 2.58. The lowest BCUT2D eigenvalue weighted by atomic mass is 10.2. The molecule has 1 unspecified atom stereocenters. The lowest BCUT2D eigenvalue weighted by Crippen LogP contribution is -2.39. The van der Waals surface area contributed by atoms with E-state index < -0.39 is 6.04 Å². The van der Waals surface area contributed by atoms with Crippen molar-refractivity contribution in [2.45, 2.75) is 39.3 Å². The van der Waals surface area contributed by atoms with Crippen molar-refractivity contribution in [3.8, 4) is 0 Å². The van der Waals surface area contributed by atoms with Gasteiger partial charge in [-0.15, -0.1) is 0 Å². The second kappa shape index (κ2) is 5.33. The van der Waals surface area contributed by atoms with Gasteiger partial charge in [-0.2, -0.15) is 0 Å². The molecule has 1 atom stereocenters. The molecule has 0 radical (unpaired) electrons. The minimum atomic E-state index is -0.464. The molecule has 0 aliphatic carbocycles. The number of aryl methyl sites for hydroxylation is 1. The summed E-state index contributed by atoms with van der Waals surface area (Å²) in [5.41, 5.74) is 1.97. The number of anilines is 1. The topological polar surface area (TPSA) is 49.4 Å². The van der Waals surface area contributed by atoms with Crippen LogP contribution in [0.2, 0.25) is 0 Å². The number of carbonyl (C=O) groups is 2. The minimum Gasteiger partial charge on any atom is -0.372 e. The molecule has 1 aromatic rings. The number of halogens is 1. The molecule has 0 bridgehead atoms. The Labute approximate surface area is 121 Å². The molecule has 0 aromatic heterocycles. The number of likely N-dealkylation sites (tertiary alicyclic amines) is 1. The van der Waals surface area contributed by atoms with Crippen LogP contribution in [0.15, 0.2) is 22.7 Å². The highest BCUT2D eigenvalue weighted by Crippen LogP contribution is 2.27. The third kappa shape index (κ3) is 2.81. The molecule has 1 saturated heterocycles. The maximum Gasteiger partial charge on any atom is 0.252 e. The molecule has 1 N–H and O–H groups in total. The smallest absolute Gasteiger partial charge is 0.252 e. The third-order valence-corrected chi connectivity index (χ3v) is 3.81. The summed E-state index contributed by atoms with van der Waals surface area (Å²) in [6.45, 7) is 5.69. The van der Waals surface area contributed by atoms with Gasteiger partial charge in [0.05, 0.1) is 6.42 Å². The summed E-state index contributed by atoms with van der Waals surface area (Å²) in [5, 5.41) is 3.14. The van der Waals surface area contributed by atoms with Crippen LogP contribution in [-0.4, -0.2) is 28.8 Å². The first kappa shape index (κ1) is 14.1. The Morgan fingerprint density at radius 1 is 1.37 bits per heavy atom. The predicted molar refractivity (Wildman–Crippen MR) is 77.9 cm³/mol. The predicted octanol–water partition coefficient (Wildman–Crippen LogP) is 2.71. The number of hydrogen-bond donors (Lipinski definition) is 1. The highest BCUT2D eigenvalue weighted by atomic mass is 79.9. The lowest BCUT2D eigenvalue weighted by molar-refractivity contribution is -0.140. The van der Waals surface area contributed by atoms with Crippen LogP contribution in [-0.2, 0) is 9.59 Å². The largest absolute Gasteiger partial charge is 0.372 e. The SMILES string of the molecule is Cc1ccc(NC2CC(=O)N(C(C)C)C2=O)c(Br)c1. The van der Waals surface area contributed by atoms with Crippen molar-refractivity contribution in [2.24, 2.45) is 0 Å². The van der Waals surface area contributed by atoms with Crippen molar-refractivity contribution in [3.63, 3.8) is 0 Å². The van der Waals surface area contributed by atoms with Crippen molar-refractivity contribution in [1.82, 2.24) is 4.90 Å². The normalized spacial score (nSPS) is 19.4. The zero-order chi connectivity index (χ0) is 14.2. The fraction of sp³-hybridized carbons (Fsp3) is 0.429. The van der Waals surface area contributed by atoms with Crippen LogP contribution in [0.4, 0.5) is 5.69 Å². The number of amides is 2. The fourth-order valence-corrected chi connectivity index (χ4v) is 2.84. The molecule has 2 rings (SSSR count). The van der Waals surface area contributed by atoms with Gasteiger partial charge in [0.25, 0.3) is 5.91 Å². The Kier molecular flexibility index (Phi) is 3.94. The lowest BCUT2D eigenvalue weighted by Gasteiger charge is -2.19. The zero-order valence-electron chi connectivity index (χ0n) is 11.2. The van der Waals surface area contributed by atoms with Crippen LogP contribution in [0.1, 0.15) is 25.8 Å². The van der Waals surface area contributed by atoms with Gasteiger partial charge < -0.3 is 5.32 Å². The molecule has 0 spiro atoms. The van der Waals surface area contributed by atoms with E-state index in [9.17, 15) is 9.59 Å². The maximum absolute atomic E-state index is 12.2. The summed E-state index contributed by atoms with van der Waals surface area (Å²) in [6, 6.07) is 5.30. The van der Waals surface area contributed by atoms with Crippen LogP contribution < -0.4 is 5.32 Å². The minimum absolute atomic E-state index is 0.0896. The second-order valence-corrected chi connectivity index (χ2v) is 5.93. The molecule has 0 saturated carbocycles. The van der Waals surface area contributed by atoms with Gasteiger partial charge in [-0.25, -0.2) is 0 Å². The number of nitrogens with one attached hydrogen (secondary N) is 1. The number of benzene rings is 1. The van der Waals surface area contributed by atoms with Crippen molar-refractivity contribution >= 4 is 33.4 Å². The quantitative estimate of drug-likeness (QED) is 0.870. The van der Waals surface area contributed by atoms with Crippen LogP contribution in [0.3, 0.4) is 0 Å². The Hall–Kier alpha value is -1.36. The van der Waals surface area contributed by atoms with Crippen LogP contribution in [0.25, 0.3) is 0 Å². The van der Waals surface area contributed by atoms with Gasteiger partial charge in [0, 0.05) is 16.2 Å². The molecule has 5 heteroatoms. The highest BCUT2D eigenvalue weighted by molar-refractivity contribution is 9.10. The van der Waals surface area contributed by atoms with E-state index in [0.717, 1.165) is 15.7 Å². The van der Waals surface area contributed by atoms with Gasteiger partial charge in [0.1, 0.15) is 6.04 Å². The van der Waals surface area contributed by atoms with E-state index in [-0.39, 0.29) is 24.3 Å². The Bertz CT molecular complexity index is 528. The summed E-state index contributed by atoms with van der Waals surface area (Å²) < 4.78 is 0.899. The highest BCUT2D eigenvalue weighted by Gasteiger charge is 2.39. The molecule has 1 fully saturated rings. The molecule has 1 aromatic carbocycles. The molecular formula is C14H17BrN2O2. The molecule has 2 amide bonds. The van der Waals surface area contributed by atoms with E-state index in [1.54, 1.807) is 0 Å². The summed E-state index contributed by atoms with van der Waals surface area (Å²) in [6.07, 6.45) is 0.220. The standard InChI is InChI=1S/C14H17BrN2O2/c1-8(2)17-13(18)7-12(14(17)19)16-11-5-4-9(3)6-10(11)15/h4-6,8,12,16H,7H2,1-3H3. The van der Waals surface area contributed by atoms with Crippen LogP contribution >= 0.6 is 15.9 Å². The monoisotopic (exact) mass is 324 g/mol. The van der Waals surface area contributed by atoms with Gasteiger partial charge in [0.15, 0.2) is 0 Å². The van der Waals surface area contributed by atoms with E-state index in [1.807, 2.05) is 39.0 Å². The number of hydrogen-bond acceptors (Lipinski definition) is 3. The van der Waals surface area contributed by atoms with Crippen LogP contribution in [0.5, 0.6) is 0 Å².